The van der Waals surface area contributed by atoms with E-state index in [2.05, 4.69) is 13.8 Å². The lowest BCUT2D eigenvalue weighted by molar-refractivity contribution is 0.200. The summed E-state index contributed by atoms with van der Waals surface area (Å²) in [6, 6.07) is 6.88. The van der Waals surface area contributed by atoms with Crippen LogP contribution in [0.15, 0.2) is 24.3 Å². The summed E-state index contributed by atoms with van der Waals surface area (Å²) in [5.41, 5.74) is 1.06. The fourth-order valence-electron chi connectivity index (χ4n) is 3.60. The van der Waals surface area contributed by atoms with Crippen molar-refractivity contribution < 1.29 is 19.8 Å². The van der Waals surface area contributed by atoms with E-state index in [-0.39, 0.29) is 0 Å². The van der Waals surface area contributed by atoms with Crippen molar-refractivity contribution in [1.29, 1.82) is 0 Å². The Bertz CT molecular complexity index is 572. The summed E-state index contributed by atoms with van der Waals surface area (Å²) in [6.45, 7) is 5.20. The largest absolute Gasteiger partial charge is 0.465 e. The van der Waals surface area contributed by atoms with Gasteiger partial charge in [0.2, 0.25) is 0 Å². The molecule has 1 rings (SSSR count). The third-order valence-corrected chi connectivity index (χ3v) is 5.39. The van der Waals surface area contributed by atoms with Gasteiger partial charge >= 0.3 is 12.2 Å². The first-order valence-corrected chi connectivity index (χ1v) is 11.6. The lowest BCUT2D eigenvalue weighted by Crippen LogP contribution is -2.32. The molecule has 30 heavy (non-hydrogen) atoms. The van der Waals surface area contributed by atoms with E-state index in [9.17, 15) is 19.8 Å². The topological polar surface area (TPSA) is 81.1 Å². The van der Waals surface area contributed by atoms with Crippen molar-refractivity contribution in [3.63, 3.8) is 0 Å². The van der Waals surface area contributed by atoms with Gasteiger partial charge in [-0.1, -0.05) is 84.1 Å². The Kier molecular flexibility index (Phi) is 13.4. The molecular weight excluding hydrogens is 380 g/mol. The zero-order chi connectivity index (χ0) is 22.2. The van der Waals surface area contributed by atoms with Crippen molar-refractivity contribution in [1.82, 2.24) is 0 Å². The molecule has 0 aliphatic carbocycles. The number of carbonyl (C=O) groups is 2. The van der Waals surface area contributed by atoms with E-state index < -0.39 is 12.2 Å². The molecule has 0 fully saturated rings. The van der Waals surface area contributed by atoms with Crippen LogP contribution in [0.25, 0.3) is 0 Å². The lowest BCUT2D eigenvalue weighted by atomic mass is 10.1. The molecule has 6 nitrogen and oxygen atoms in total. The van der Waals surface area contributed by atoms with Crippen LogP contribution in [0, 0.1) is 0 Å². The van der Waals surface area contributed by atoms with Crippen LogP contribution in [0.3, 0.4) is 0 Å². The first kappa shape index (κ1) is 25.8. The maximum absolute atomic E-state index is 11.8. The highest BCUT2D eigenvalue weighted by Gasteiger charge is 2.18. The van der Waals surface area contributed by atoms with Crippen LogP contribution < -0.4 is 9.80 Å². The van der Waals surface area contributed by atoms with Gasteiger partial charge < -0.3 is 10.2 Å². The summed E-state index contributed by atoms with van der Waals surface area (Å²) in [6.07, 6.45) is 11.0. The molecule has 0 aliphatic rings. The van der Waals surface area contributed by atoms with Gasteiger partial charge in [-0.05, 0) is 31.0 Å². The second kappa shape index (κ2) is 15.6. The molecular formula is C24H40N2O4. The quantitative estimate of drug-likeness (QED) is 0.273. The van der Waals surface area contributed by atoms with Crippen molar-refractivity contribution in [3.8, 4) is 0 Å². The summed E-state index contributed by atoms with van der Waals surface area (Å²) in [5, 5.41) is 19.3. The molecule has 0 saturated heterocycles. The Morgan fingerprint density at radius 2 is 1.03 bits per heavy atom. The van der Waals surface area contributed by atoms with Crippen LogP contribution in [0.5, 0.6) is 0 Å². The molecule has 6 heteroatoms. The molecule has 0 bridgehead atoms. The van der Waals surface area contributed by atoms with Crippen LogP contribution in [0.1, 0.15) is 90.9 Å². The number of carboxylic acid groups (broad SMARTS) is 2. The number of unbranched alkanes of at least 4 members (excludes halogenated alkanes) is 10. The normalized spacial score (nSPS) is 10.7. The van der Waals surface area contributed by atoms with Crippen molar-refractivity contribution in [2.24, 2.45) is 0 Å². The molecule has 0 aromatic heterocycles. The third kappa shape index (κ3) is 9.99. The van der Waals surface area contributed by atoms with E-state index in [0.717, 1.165) is 38.5 Å². The number of hydrogen-bond donors (Lipinski definition) is 2. The van der Waals surface area contributed by atoms with Crippen molar-refractivity contribution in [2.45, 2.75) is 90.9 Å². The van der Waals surface area contributed by atoms with Gasteiger partial charge in [0.05, 0.1) is 0 Å². The average Bonchev–Trinajstić information content (AvgIpc) is 2.72. The molecule has 0 unspecified atom stereocenters. The van der Waals surface area contributed by atoms with E-state index in [1.165, 1.54) is 48.3 Å². The van der Waals surface area contributed by atoms with Gasteiger partial charge in [-0.2, -0.15) is 0 Å². The zero-order valence-electron chi connectivity index (χ0n) is 18.8. The SMILES string of the molecule is CCCCCCCCN(C(=O)O)c1cccc(N(CCCCCCCC)C(=O)O)c1. The first-order valence-electron chi connectivity index (χ1n) is 11.6. The minimum absolute atomic E-state index is 0.426. The van der Waals surface area contributed by atoms with Crippen LogP contribution in [-0.2, 0) is 0 Å². The van der Waals surface area contributed by atoms with E-state index in [1.807, 2.05) is 0 Å². The Labute approximate surface area is 181 Å². The number of nitrogens with zero attached hydrogens (tertiary/aromatic N) is 2. The summed E-state index contributed by atoms with van der Waals surface area (Å²) < 4.78 is 0. The van der Waals surface area contributed by atoms with E-state index in [4.69, 9.17) is 0 Å². The predicted molar refractivity (Wildman–Crippen MR) is 124 cm³/mol. The first-order chi connectivity index (χ1) is 14.5. The van der Waals surface area contributed by atoms with Crippen molar-refractivity contribution in [3.05, 3.63) is 24.3 Å². The Morgan fingerprint density at radius 1 is 0.667 bits per heavy atom. The van der Waals surface area contributed by atoms with Gasteiger partial charge in [0.1, 0.15) is 0 Å². The highest BCUT2D eigenvalue weighted by molar-refractivity contribution is 5.90. The molecule has 0 heterocycles. The fourth-order valence-corrected chi connectivity index (χ4v) is 3.60. The minimum atomic E-state index is -1.00. The third-order valence-electron chi connectivity index (χ3n) is 5.39. The number of rotatable bonds is 16. The Hall–Kier alpha value is -2.24. The maximum atomic E-state index is 11.8. The number of anilines is 2. The molecule has 0 aliphatic heterocycles. The molecule has 1 aromatic carbocycles. The van der Waals surface area contributed by atoms with Gasteiger partial charge in [0.15, 0.2) is 0 Å². The predicted octanol–water partition coefficient (Wildman–Crippen LogP) is 7.38. The van der Waals surface area contributed by atoms with E-state index >= 15 is 0 Å². The highest BCUT2D eigenvalue weighted by Crippen LogP contribution is 2.24. The van der Waals surface area contributed by atoms with Gasteiger partial charge in [-0.3, -0.25) is 9.80 Å². The minimum Gasteiger partial charge on any atom is -0.465 e. The fraction of sp³-hybridized carbons (Fsp3) is 0.667. The lowest BCUT2D eigenvalue weighted by Gasteiger charge is -2.23. The van der Waals surface area contributed by atoms with Crippen LogP contribution in [-0.4, -0.2) is 35.5 Å². The van der Waals surface area contributed by atoms with Crippen molar-refractivity contribution in [2.75, 3.05) is 22.9 Å². The molecule has 0 radical (unpaired) electrons. The van der Waals surface area contributed by atoms with Gasteiger partial charge in [0.25, 0.3) is 0 Å². The molecule has 0 atom stereocenters. The number of hydrogen-bond acceptors (Lipinski definition) is 2. The van der Waals surface area contributed by atoms with E-state index in [1.54, 1.807) is 24.3 Å². The van der Waals surface area contributed by atoms with Crippen LogP contribution in [0.2, 0.25) is 0 Å². The Morgan fingerprint density at radius 3 is 1.40 bits per heavy atom. The monoisotopic (exact) mass is 420 g/mol. The molecule has 1 aromatic rings. The Balaban J connectivity index is 2.70. The molecule has 0 saturated carbocycles. The zero-order valence-corrected chi connectivity index (χ0v) is 18.8. The summed E-state index contributed by atoms with van der Waals surface area (Å²) in [7, 11) is 0. The highest BCUT2D eigenvalue weighted by atomic mass is 16.4. The second-order valence-electron chi connectivity index (χ2n) is 7.92. The van der Waals surface area contributed by atoms with Gasteiger partial charge in [-0.15, -0.1) is 0 Å². The summed E-state index contributed by atoms with van der Waals surface area (Å²) in [4.78, 5) is 26.2. The van der Waals surface area contributed by atoms with Crippen LogP contribution >= 0.6 is 0 Å². The van der Waals surface area contributed by atoms with Crippen LogP contribution in [0.4, 0.5) is 21.0 Å². The average molecular weight is 421 g/mol. The maximum Gasteiger partial charge on any atom is 0.411 e. The molecule has 2 amide bonds. The summed E-state index contributed by atoms with van der Waals surface area (Å²) >= 11 is 0. The number of benzene rings is 1. The van der Waals surface area contributed by atoms with Gasteiger partial charge in [-0.25, -0.2) is 9.59 Å². The van der Waals surface area contributed by atoms with Gasteiger partial charge in [0, 0.05) is 24.5 Å². The van der Waals surface area contributed by atoms with Crippen molar-refractivity contribution >= 4 is 23.6 Å². The number of amides is 2. The van der Waals surface area contributed by atoms with E-state index in [0.29, 0.717) is 24.5 Å². The standard InChI is InChI=1S/C24H40N2O4/c1-3-5-7-9-11-13-18-25(23(27)28)21-16-15-17-22(20-21)26(24(29)30)19-14-12-10-8-6-4-2/h15-17,20H,3-14,18-19H2,1-2H3,(H,27,28)(H,29,30). The molecule has 170 valence electrons. The molecule has 0 spiro atoms. The molecule has 2 N–H and O–H groups in total. The summed E-state index contributed by atoms with van der Waals surface area (Å²) in [5.74, 6) is 0. The second-order valence-corrected chi connectivity index (χ2v) is 7.92. The smallest absolute Gasteiger partial charge is 0.411 e.